The molecule has 1 aromatic carbocycles. The fourth-order valence-electron chi connectivity index (χ4n) is 1.59. The monoisotopic (exact) mass is 285 g/mol. The van der Waals surface area contributed by atoms with Gasteiger partial charge in [-0.05, 0) is 24.6 Å². The van der Waals surface area contributed by atoms with Crippen LogP contribution in [0.3, 0.4) is 0 Å². The van der Waals surface area contributed by atoms with E-state index in [9.17, 15) is 13.2 Å². The Balaban J connectivity index is 2.54. The number of carbonyl (C=O) groups is 1. The van der Waals surface area contributed by atoms with Crippen molar-refractivity contribution in [2.45, 2.75) is 24.8 Å². The summed E-state index contributed by atoms with van der Waals surface area (Å²) in [5.41, 5.74) is 0.954. The minimum Gasteiger partial charge on any atom is -0.355 e. The van der Waals surface area contributed by atoms with E-state index in [0.29, 0.717) is 13.1 Å². The molecule has 1 amide bonds. The third-order valence-corrected chi connectivity index (χ3v) is 3.59. The first-order chi connectivity index (χ1) is 8.80. The van der Waals surface area contributed by atoms with Crippen LogP contribution in [-0.4, -0.2) is 27.4 Å². The third-order valence-electron chi connectivity index (χ3n) is 2.66. The molecular weight excluding hydrogens is 266 g/mol. The van der Waals surface area contributed by atoms with E-state index in [0.717, 1.165) is 5.56 Å². The van der Waals surface area contributed by atoms with Crippen molar-refractivity contribution in [1.82, 2.24) is 10.6 Å². The van der Waals surface area contributed by atoms with Gasteiger partial charge >= 0.3 is 0 Å². The fraction of sp³-hybridized carbons (Fsp3) is 0.417. The van der Waals surface area contributed by atoms with E-state index in [2.05, 4.69) is 10.6 Å². The number of sulfonamides is 1. The maximum atomic E-state index is 11.1. The second-order valence-electron chi connectivity index (χ2n) is 4.27. The second-order valence-corrected chi connectivity index (χ2v) is 5.83. The van der Waals surface area contributed by atoms with Crippen molar-refractivity contribution in [1.29, 1.82) is 0 Å². The van der Waals surface area contributed by atoms with Crippen molar-refractivity contribution >= 4 is 15.9 Å². The molecule has 4 N–H and O–H groups in total. The zero-order valence-electron chi connectivity index (χ0n) is 11.0. The molecule has 106 valence electrons. The van der Waals surface area contributed by atoms with E-state index < -0.39 is 10.0 Å². The molecule has 1 unspecified atom stereocenters. The molecule has 1 aromatic rings. The van der Waals surface area contributed by atoms with E-state index in [4.69, 9.17) is 5.14 Å². The van der Waals surface area contributed by atoms with Gasteiger partial charge in [0.15, 0.2) is 0 Å². The van der Waals surface area contributed by atoms with Crippen LogP contribution in [0.5, 0.6) is 0 Å². The summed E-state index contributed by atoms with van der Waals surface area (Å²) in [4.78, 5) is 10.8. The molecule has 0 aliphatic carbocycles. The highest BCUT2D eigenvalue weighted by atomic mass is 32.2. The molecule has 0 heterocycles. The predicted octanol–water partition coefficient (Wildman–Crippen LogP) is 0.121. The maximum absolute atomic E-state index is 11.1. The van der Waals surface area contributed by atoms with Gasteiger partial charge in [-0.15, -0.1) is 0 Å². The topological polar surface area (TPSA) is 101 Å². The Morgan fingerprint density at radius 3 is 2.32 bits per heavy atom. The van der Waals surface area contributed by atoms with Crippen LogP contribution in [0.2, 0.25) is 0 Å². The standard InChI is InChI=1S/C12H19N3O3S/c1-9(14-7-8-15-10(2)16)11-3-5-12(6-4-11)19(13,17)18/h3-6,9,14H,7-8H2,1-2H3,(H,15,16)(H2,13,17,18). The molecule has 0 radical (unpaired) electrons. The van der Waals surface area contributed by atoms with Crippen molar-refractivity contribution < 1.29 is 13.2 Å². The summed E-state index contributed by atoms with van der Waals surface area (Å²) < 4.78 is 22.2. The Labute approximate surface area is 113 Å². The number of benzene rings is 1. The number of rotatable bonds is 6. The van der Waals surface area contributed by atoms with Crippen LogP contribution in [0, 0.1) is 0 Å². The van der Waals surface area contributed by atoms with Gasteiger partial charge in [0.25, 0.3) is 0 Å². The SMILES string of the molecule is CC(=O)NCCNC(C)c1ccc(S(N)(=O)=O)cc1. The van der Waals surface area contributed by atoms with Gasteiger partial charge in [-0.1, -0.05) is 12.1 Å². The van der Waals surface area contributed by atoms with Gasteiger partial charge in [0, 0.05) is 26.1 Å². The lowest BCUT2D eigenvalue weighted by molar-refractivity contribution is -0.118. The first kappa shape index (κ1) is 15.6. The molecule has 0 spiro atoms. The molecule has 0 saturated heterocycles. The van der Waals surface area contributed by atoms with Gasteiger partial charge in [0.2, 0.25) is 15.9 Å². The van der Waals surface area contributed by atoms with Crippen molar-refractivity contribution in [3.8, 4) is 0 Å². The Morgan fingerprint density at radius 1 is 1.26 bits per heavy atom. The predicted molar refractivity (Wildman–Crippen MR) is 72.9 cm³/mol. The molecule has 0 aliphatic rings. The second kappa shape index (κ2) is 6.65. The number of amides is 1. The van der Waals surface area contributed by atoms with E-state index in [-0.39, 0.29) is 16.8 Å². The zero-order chi connectivity index (χ0) is 14.5. The minimum absolute atomic E-state index is 0.0586. The average molecular weight is 285 g/mol. The smallest absolute Gasteiger partial charge is 0.238 e. The van der Waals surface area contributed by atoms with Gasteiger partial charge in [0.1, 0.15) is 0 Å². The molecule has 0 aromatic heterocycles. The molecular formula is C12H19N3O3S. The van der Waals surface area contributed by atoms with Gasteiger partial charge in [-0.3, -0.25) is 4.79 Å². The number of nitrogens with two attached hydrogens (primary N) is 1. The maximum Gasteiger partial charge on any atom is 0.238 e. The summed E-state index contributed by atoms with van der Waals surface area (Å²) in [6.45, 7) is 4.61. The van der Waals surface area contributed by atoms with E-state index in [1.807, 2.05) is 6.92 Å². The number of hydrogen-bond acceptors (Lipinski definition) is 4. The minimum atomic E-state index is -3.64. The normalized spacial score (nSPS) is 13.0. The third kappa shape index (κ3) is 5.37. The lowest BCUT2D eigenvalue weighted by Gasteiger charge is -2.14. The average Bonchev–Trinajstić information content (AvgIpc) is 2.33. The largest absolute Gasteiger partial charge is 0.355 e. The number of hydrogen-bond donors (Lipinski definition) is 3. The van der Waals surface area contributed by atoms with E-state index in [1.165, 1.54) is 19.1 Å². The van der Waals surface area contributed by atoms with Gasteiger partial charge in [0.05, 0.1) is 4.90 Å². The first-order valence-electron chi connectivity index (χ1n) is 5.91. The highest BCUT2D eigenvalue weighted by molar-refractivity contribution is 7.89. The van der Waals surface area contributed by atoms with Crippen molar-refractivity contribution in [2.75, 3.05) is 13.1 Å². The van der Waals surface area contributed by atoms with E-state index in [1.54, 1.807) is 12.1 Å². The summed E-state index contributed by atoms with van der Waals surface area (Å²) in [6, 6.07) is 6.46. The number of primary sulfonamides is 1. The Kier molecular flexibility index (Phi) is 5.46. The Bertz CT molecular complexity index is 526. The van der Waals surface area contributed by atoms with Crippen LogP contribution in [-0.2, 0) is 14.8 Å². The van der Waals surface area contributed by atoms with Crippen molar-refractivity contribution in [3.05, 3.63) is 29.8 Å². The Morgan fingerprint density at radius 2 is 1.84 bits per heavy atom. The highest BCUT2D eigenvalue weighted by Crippen LogP contribution is 2.15. The molecule has 1 rings (SSSR count). The van der Waals surface area contributed by atoms with Gasteiger partial charge in [-0.25, -0.2) is 13.6 Å². The van der Waals surface area contributed by atoms with Crippen molar-refractivity contribution in [3.63, 3.8) is 0 Å². The van der Waals surface area contributed by atoms with Gasteiger partial charge < -0.3 is 10.6 Å². The Hall–Kier alpha value is -1.44. The van der Waals surface area contributed by atoms with Crippen molar-refractivity contribution in [2.24, 2.45) is 5.14 Å². The first-order valence-corrected chi connectivity index (χ1v) is 7.46. The molecule has 0 fully saturated rings. The molecule has 0 bridgehead atoms. The van der Waals surface area contributed by atoms with Gasteiger partial charge in [-0.2, -0.15) is 0 Å². The fourth-order valence-corrected chi connectivity index (χ4v) is 2.11. The molecule has 6 nitrogen and oxygen atoms in total. The molecule has 7 heteroatoms. The summed E-state index contributed by atoms with van der Waals surface area (Å²) in [5.74, 6) is -0.0630. The summed E-state index contributed by atoms with van der Waals surface area (Å²) in [7, 11) is -3.64. The lowest BCUT2D eigenvalue weighted by Crippen LogP contribution is -2.31. The summed E-state index contributed by atoms with van der Waals surface area (Å²) in [5, 5.41) is 10.9. The van der Waals surface area contributed by atoms with Crippen LogP contribution in [0.15, 0.2) is 29.2 Å². The van der Waals surface area contributed by atoms with Crippen LogP contribution in [0.25, 0.3) is 0 Å². The molecule has 0 aliphatic heterocycles. The lowest BCUT2D eigenvalue weighted by atomic mass is 10.1. The van der Waals surface area contributed by atoms with E-state index >= 15 is 0 Å². The number of carbonyl (C=O) groups excluding carboxylic acids is 1. The van der Waals surface area contributed by atoms with Crippen LogP contribution < -0.4 is 15.8 Å². The van der Waals surface area contributed by atoms with Crippen LogP contribution in [0.1, 0.15) is 25.5 Å². The highest BCUT2D eigenvalue weighted by Gasteiger charge is 2.09. The number of nitrogens with one attached hydrogen (secondary N) is 2. The zero-order valence-corrected chi connectivity index (χ0v) is 11.8. The van der Waals surface area contributed by atoms with Crippen LogP contribution >= 0.6 is 0 Å². The molecule has 19 heavy (non-hydrogen) atoms. The van der Waals surface area contributed by atoms with Crippen LogP contribution in [0.4, 0.5) is 0 Å². The summed E-state index contributed by atoms with van der Waals surface area (Å²) in [6.07, 6.45) is 0. The quantitative estimate of drug-likeness (QED) is 0.646. The molecule has 1 atom stereocenters. The summed E-state index contributed by atoms with van der Waals surface area (Å²) >= 11 is 0. The molecule has 0 saturated carbocycles.